The fraction of sp³-hybridized carbons (Fsp3) is 0.0556. The summed E-state index contributed by atoms with van der Waals surface area (Å²) in [5.74, 6) is 0.600. The Morgan fingerprint density at radius 2 is 1.81 bits per heavy atom. The zero-order valence-corrected chi connectivity index (χ0v) is 14.7. The molecule has 0 atom stereocenters. The minimum Gasteiger partial charge on any atom is -0.454 e. The molecule has 7 nitrogen and oxygen atoms in total. The van der Waals surface area contributed by atoms with E-state index in [1.54, 1.807) is 24.3 Å². The van der Waals surface area contributed by atoms with E-state index < -0.39 is 15.8 Å². The molecular formula is C18H14FN3O4S. The zero-order valence-electron chi connectivity index (χ0n) is 13.8. The molecule has 4 rings (SSSR count). The molecule has 0 spiro atoms. The number of benzene rings is 2. The monoisotopic (exact) mass is 387 g/mol. The molecule has 3 aromatic rings. The summed E-state index contributed by atoms with van der Waals surface area (Å²) in [4.78, 5) is 4.09. The van der Waals surface area contributed by atoms with E-state index in [9.17, 15) is 12.8 Å². The Kier molecular flexibility index (Phi) is 4.28. The smallest absolute Gasteiger partial charge is 0.263 e. The number of halogens is 1. The second-order valence-corrected chi connectivity index (χ2v) is 7.34. The van der Waals surface area contributed by atoms with Crippen LogP contribution in [-0.4, -0.2) is 20.2 Å². The highest BCUT2D eigenvalue weighted by molar-refractivity contribution is 7.92. The minimum atomic E-state index is -3.84. The van der Waals surface area contributed by atoms with E-state index in [1.807, 2.05) is 0 Å². The number of nitrogens with one attached hydrogen (secondary N) is 2. The molecule has 138 valence electrons. The van der Waals surface area contributed by atoms with Gasteiger partial charge in [0, 0.05) is 6.07 Å². The number of rotatable bonds is 5. The lowest BCUT2D eigenvalue weighted by molar-refractivity contribution is 0.174. The van der Waals surface area contributed by atoms with Crippen LogP contribution in [0.5, 0.6) is 11.5 Å². The van der Waals surface area contributed by atoms with Gasteiger partial charge in [-0.1, -0.05) is 12.1 Å². The molecule has 2 N–H and O–H groups in total. The van der Waals surface area contributed by atoms with Crippen LogP contribution in [0.15, 0.2) is 65.7 Å². The number of anilines is 3. The Labute approximate surface area is 154 Å². The summed E-state index contributed by atoms with van der Waals surface area (Å²) >= 11 is 0. The molecule has 9 heteroatoms. The van der Waals surface area contributed by atoms with Gasteiger partial charge in [-0.25, -0.2) is 17.8 Å². The van der Waals surface area contributed by atoms with Gasteiger partial charge in [0.2, 0.25) is 6.79 Å². The normalized spacial score (nSPS) is 12.6. The van der Waals surface area contributed by atoms with E-state index in [1.165, 1.54) is 36.5 Å². The lowest BCUT2D eigenvalue weighted by atomic mass is 10.3. The van der Waals surface area contributed by atoms with Crippen LogP contribution in [0.2, 0.25) is 0 Å². The molecule has 1 aliphatic heterocycles. The van der Waals surface area contributed by atoms with Gasteiger partial charge < -0.3 is 14.8 Å². The second-order valence-electron chi connectivity index (χ2n) is 5.66. The van der Waals surface area contributed by atoms with Crippen molar-refractivity contribution < 1.29 is 22.3 Å². The standard InChI is InChI=1S/C18H14FN3O4S/c19-14-3-1-2-4-15(14)21-12-5-8-18(20-10-12)22-27(23,24)13-6-7-16-17(9-13)26-11-25-16/h1-10,21H,11H2,(H,20,22). The average Bonchev–Trinajstić information content (AvgIpc) is 3.13. The van der Waals surface area contributed by atoms with Gasteiger partial charge in [-0.2, -0.15) is 0 Å². The summed E-state index contributed by atoms with van der Waals surface area (Å²) in [7, 11) is -3.84. The number of nitrogens with zero attached hydrogens (tertiary/aromatic N) is 1. The number of pyridine rings is 1. The first-order valence-corrected chi connectivity index (χ1v) is 9.40. The predicted molar refractivity (Wildman–Crippen MR) is 97.3 cm³/mol. The second kappa shape index (κ2) is 6.76. The molecule has 27 heavy (non-hydrogen) atoms. The molecule has 0 fully saturated rings. The van der Waals surface area contributed by atoms with Gasteiger partial charge in [-0.05, 0) is 36.4 Å². The first-order valence-electron chi connectivity index (χ1n) is 7.91. The molecule has 0 radical (unpaired) electrons. The third-order valence-electron chi connectivity index (χ3n) is 3.81. The Balaban J connectivity index is 1.50. The first-order chi connectivity index (χ1) is 13.0. The summed E-state index contributed by atoms with van der Waals surface area (Å²) < 4.78 is 51.4. The third-order valence-corrected chi connectivity index (χ3v) is 5.16. The highest BCUT2D eigenvalue weighted by Crippen LogP contribution is 2.34. The minimum absolute atomic E-state index is 0.0297. The lowest BCUT2D eigenvalue weighted by Crippen LogP contribution is -2.13. The number of ether oxygens (including phenoxy) is 2. The van der Waals surface area contributed by atoms with E-state index in [0.29, 0.717) is 22.9 Å². The van der Waals surface area contributed by atoms with Crippen molar-refractivity contribution in [2.75, 3.05) is 16.8 Å². The van der Waals surface area contributed by atoms with Crippen molar-refractivity contribution in [2.24, 2.45) is 0 Å². The Bertz CT molecular complexity index is 1090. The molecule has 1 aromatic heterocycles. The van der Waals surface area contributed by atoms with Gasteiger partial charge in [0.25, 0.3) is 10.0 Å². The summed E-state index contributed by atoms with van der Waals surface area (Å²) in [6.45, 7) is 0.0598. The number of aromatic nitrogens is 1. The van der Waals surface area contributed by atoms with Crippen LogP contribution in [0.1, 0.15) is 0 Å². The number of hydrogen-bond donors (Lipinski definition) is 2. The van der Waals surface area contributed by atoms with E-state index in [2.05, 4.69) is 15.0 Å². The van der Waals surface area contributed by atoms with Crippen LogP contribution in [0.25, 0.3) is 0 Å². The van der Waals surface area contributed by atoms with Crippen molar-refractivity contribution in [3.05, 3.63) is 66.6 Å². The SMILES string of the molecule is O=S(=O)(Nc1ccc(Nc2ccccc2F)cn1)c1ccc2c(c1)OCO2. The van der Waals surface area contributed by atoms with Crippen LogP contribution in [0, 0.1) is 5.82 Å². The molecule has 2 heterocycles. The molecule has 1 aliphatic rings. The number of hydrogen-bond acceptors (Lipinski definition) is 6. The highest BCUT2D eigenvalue weighted by atomic mass is 32.2. The van der Waals surface area contributed by atoms with E-state index in [-0.39, 0.29) is 17.5 Å². The van der Waals surface area contributed by atoms with Crippen molar-refractivity contribution in [1.82, 2.24) is 4.98 Å². The van der Waals surface area contributed by atoms with Gasteiger partial charge in [0.15, 0.2) is 11.5 Å². The van der Waals surface area contributed by atoms with Crippen molar-refractivity contribution in [1.29, 1.82) is 0 Å². The van der Waals surface area contributed by atoms with Crippen molar-refractivity contribution in [3.63, 3.8) is 0 Å². The van der Waals surface area contributed by atoms with E-state index in [4.69, 9.17) is 9.47 Å². The summed E-state index contributed by atoms with van der Waals surface area (Å²) in [6.07, 6.45) is 1.41. The molecule has 0 saturated carbocycles. The van der Waals surface area contributed by atoms with Gasteiger partial charge in [-0.3, -0.25) is 4.72 Å². The maximum Gasteiger partial charge on any atom is 0.263 e. The maximum atomic E-state index is 13.7. The zero-order chi connectivity index (χ0) is 18.9. The summed E-state index contributed by atoms with van der Waals surface area (Å²) in [6, 6.07) is 13.6. The number of para-hydroxylation sites is 1. The van der Waals surface area contributed by atoms with Crippen molar-refractivity contribution in [2.45, 2.75) is 4.90 Å². The van der Waals surface area contributed by atoms with Crippen LogP contribution in [0.4, 0.5) is 21.6 Å². The van der Waals surface area contributed by atoms with Crippen LogP contribution < -0.4 is 19.5 Å². The summed E-state index contributed by atoms with van der Waals surface area (Å²) in [5.41, 5.74) is 0.819. The van der Waals surface area contributed by atoms with Crippen LogP contribution in [-0.2, 0) is 10.0 Å². The highest BCUT2D eigenvalue weighted by Gasteiger charge is 2.20. The van der Waals surface area contributed by atoms with Gasteiger partial charge in [-0.15, -0.1) is 0 Å². The van der Waals surface area contributed by atoms with Crippen molar-refractivity contribution >= 4 is 27.2 Å². The Hall–Kier alpha value is -3.33. The molecular weight excluding hydrogens is 373 g/mol. The first kappa shape index (κ1) is 17.1. The molecule has 0 unspecified atom stereocenters. The fourth-order valence-electron chi connectivity index (χ4n) is 2.49. The molecule has 0 saturated heterocycles. The molecule has 0 bridgehead atoms. The van der Waals surface area contributed by atoms with E-state index in [0.717, 1.165) is 0 Å². The van der Waals surface area contributed by atoms with Crippen LogP contribution >= 0.6 is 0 Å². The van der Waals surface area contributed by atoms with Crippen LogP contribution in [0.3, 0.4) is 0 Å². The molecule has 2 aromatic carbocycles. The van der Waals surface area contributed by atoms with Gasteiger partial charge in [0.05, 0.1) is 22.5 Å². The number of fused-ring (bicyclic) bond motifs is 1. The predicted octanol–water partition coefficient (Wildman–Crippen LogP) is 3.49. The maximum absolute atomic E-state index is 13.7. The van der Waals surface area contributed by atoms with Crippen molar-refractivity contribution in [3.8, 4) is 11.5 Å². The number of sulfonamides is 1. The Morgan fingerprint density at radius 3 is 2.59 bits per heavy atom. The lowest BCUT2D eigenvalue weighted by Gasteiger charge is -2.10. The average molecular weight is 387 g/mol. The largest absolute Gasteiger partial charge is 0.454 e. The molecule has 0 amide bonds. The van der Waals surface area contributed by atoms with Gasteiger partial charge in [0.1, 0.15) is 11.6 Å². The summed E-state index contributed by atoms with van der Waals surface area (Å²) in [5, 5.41) is 2.88. The van der Waals surface area contributed by atoms with Gasteiger partial charge >= 0.3 is 0 Å². The third kappa shape index (κ3) is 3.63. The quantitative estimate of drug-likeness (QED) is 0.697. The fourth-order valence-corrected chi connectivity index (χ4v) is 3.51. The molecule has 0 aliphatic carbocycles. The Morgan fingerprint density at radius 1 is 1.00 bits per heavy atom. The topological polar surface area (TPSA) is 89.6 Å². The van der Waals surface area contributed by atoms with E-state index >= 15 is 0 Å².